The fourth-order valence-electron chi connectivity index (χ4n) is 1.96. The number of halogens is 3. The largest absolute Gasteiger partial charge is 0.411 e. The Balaban J connectivity index is 2.45. The molecule has 0 saturated carbocycles. The van der Waals surface area contributed by atoms with E-state index in [2.05, 4.69) is 10.1 Å². The van der Waals surface area contributed by atoms with E-state index in [1.54, 1.807) is 20.8 Å². The molecule has 1 aliphatic heterocycles. The van der Waals surface area contributed by atoms with Crippen molar-refractivity contribution in [2.24, 2.45) is 0 Å². The van der Waals surface area contributed by atoms with Crippen molar-refractivity contribution < 1.29 is 27.5 Å². The van der Waals surface area contributed by atoms with Crippen molar-refractivity contribution in [3.05, 3.63) is 0 Å². The summed E-state index contributed by atoms with van der Waals surface area (Å²) in [5, 5.41) is 2.60. The molecule has 2 amide bonds. The van der Waals surface area contributed by atoms with Crippen molar-refractivity contribution in [3.8, 4) is 0 Å². The summed E-state index contributed by atoms with van der Waals surface area (Å²) in [6.45, 7) is 3.53. The summed E-state index contributed by atoms with van der Waals surface area (Å²) in [4.78, 5) is 25.2. The zero-order chi connectivity index (χ0) is 15.6. The zero-order valence-corrected chi connectivity index (χ0v) is 11.7. The Labute approximate surface area is 115 Å². The zero-order valence-electron chi connectivity index (χ0n) is 11.7. The molecule has 0 aromatic heterocycles. The lowest BCUT2D eigenvalue weighted by Crippen LogP contribution is -2.67. The second-order valence-electron chi connectivity index (χ2n) is 5.31. The van der Waals surface area contributed by atoms with Crippen LogP contribution in [0.1, 0.15) is 27.2 Å². The SMILES string of the molecule is CC1C(=O)NC(C)(C)C(=O)N1CCCOCC(F)(F)F. The number of nitrogens with zero attached hydrogens (tertiary/aromatic N) is 1. The fraction of sp³-hybridized carbons (Fsp3) is 0.833. The number of hydrogen-bond donors (Lipinski definition) is 1. The molecule has 0 bridgehead atoms. The summed E-state index contributed by atoms with van der Waals surface area (Å²) in [6, 6.07) is -0.627. The van der Waals surface area contributed by atoms with Gasteiger partial charge in [0.25, 0.3) is 0 Å². The van der Waals surface area contributed by atoms with Crippen LogP contribution in [-0.4, -0.2) is 54.2 Å². The van der Waals surface area contributed by atoms with Gasteiger partial charge in [0, 0.05) is 13.2 Å². The Kier molecular flexibility index (Phi) is 5.01. The van der Waals surface area contributed by atoms with Crippen LogP contribution in [0.2, 0.25) is 0 Å². The van der Waals surface area contributed by atoms with Crippen LogP contribution < -0.4 is 5.32 Å². The molecule has 1 saturated heterocycles. The topological polar surface area (TPSA) is 58.6 Å². The molecule has 1 atom stereocenters. The van der Waals surface area contributed by atoms with Gasteiger partial charge in [0.05, 0.1) is 0 Å². The van der Waals surface area contributed by atoms with E-state index in [9.17, 15) is 22.8 Å². The quantitative estimate of drug-likeness (QED) is 0.772. The van der Waals surface area contributed by atoms with Gasteiger partial charge in [-0.05, 0) is 27.2 Å². The maximum atomic E-state index is 12.1. The van der Waals surface area contributed by atoms with E-state index in [0.29, 0.717) is 0 Å². The smallest absolute Gasteiger partial charge is 0.372 e. The number of nitrogens with one attached hydrogen (secondary N) is 1. The van der Waals surface area contributed by atoms with E-state index >= 15 is 0 Å². The molecular formula is C12H19F3N2O3. The van der Waals surface area contributed by atoms with Crippen LogP contribution in [0, 0.1) is 0 Å². The van der Waals surface area contributed by atoms with Crippen molar-refractivity contribution >= 4 is 11.8 Å². The van der Waals surface area contributed by atoms with Crippen LogP contribution in [0.4, 0.5) is 13.2 Å². The van der Waals surface area contributed by atoms with Crippen molar-refractivity contribution in [2.45, 2.75) is 44.9 Å². The van der Waals surface area contributed by atoms with Gasteiger partial charge in [0.2, 0.25) is 11.8 Å². The van der Waals surface area contributed by atoms with E-state index in [1.807, 2.05) is 0 Å². The minimum atomic E-state index is -4.35. The third-order valence-corrected chi connectivity index (χ3v) is 3.03. The average Bonchev–Trinajstić information content (AvgIpc) is 2.28. The van der Waals surface area contributed by atoms with Gasteiger partial charge in [0.1, 0.15) is 18.2 Å². The van der Waals surface area contributed by atoms with Crippen LogP contribution >= 0.6 is 0 Å². The summed E-state index contributed by atoms with van der Waals surface area (Å²) in [6.07, 6.45) is -4.11. The van der Waals surface area contributed by atoms with Gasteiger partial charge in [-0.3, -0.25) is 9.59 Å². The van der Waals surface area contributed by atoms with Gasteiger partial charge in [0.15, 0.2) is 0 Å². The first-order chi connectivity index (χ1) is 9.04. The van der Waals surface area contributed by atoms with Gasteiger partial charge < -0.3 is 15.0 Å². The first-order valence-electron chi connectivity index (χ1n) is 6.32. The Bertz CT molecular complexity index is 383. The number of carbonyl (C=O) groups is 2. The summed E-state index contributed by atoms with van der Waals surface area (Å²) in [5.74, 6) is -0.522. The summed E-state index contributed by atoms with van der Waals surface area (Å²) < 4.78 is 40.1. The van der Waals surface area contributed by atoms with Crippen LogP contribution in [0.15, 0.2) is 0 Å². The molecule has 1 aliphatic rings. The molecular weight excluding hydrogens is 277 g/mol. The third-order valence-electron chi connectivity index (χ3n) is 3.03. The number of carbonyl (C=O) groups excluding carboxylic acids is 2. The maximum Gasteiger partial charge on any atom is 0.411 e. The predicted molar refractivity (Wildman–Crippen MR) is 64.9 cm³/mol. The fourth-order valence-corrected chi connectivity index (χ4v) is 1.96. The standard InChI is InChI=1S/C12H19F3N2O3/c1-8-9(18)16-11(2,3)10(19)17(8)5-4-6-20-7-12(13,14)15/h8H,4-7H2,1-3H3,(H,16,18). The number of piperazine rings is 1. The van der Waals surface area contributed by atoms with Gasteiger partial charge >= 0.3 is 6.18 Å². The molecule has 0 aromatic rings. The number of rotatable bonds is 5. The number of hydrogen-bond acceptors (Lipinski definition) is 3. The van der Waals surface area contributed by atoms with Crippen LogP contribution in [0.5, 0.6) is 0 Å². The van der Waals surface area contributed by atoms with Crippen molar-refractivity contribution in [2.75, 3.05) is 19.8 Å². The second kappa shape index (κ2) is 5.99. The van der Waals surface area contributed by atoms with Crippen LogP contribution in [0.25, 0.3) is 0 Å². The monoisotopic (exact) mass is 296 g/mol. The molecule has 1 heterocycles. The van der Waals surface area contributed by atoms with Gasteiger partial charge in [-0.15, -0.1) is 0 Å². The minimum absolute atomic E-state index is 0.113. The van der Waals surface area contributed by atoms with E-state index in [-0.39, 0.29) is 31.4 Å². The van der Waals surface area contributed by atoms with E-state index in [0.717, 1.165) is 0 Å². The number of amides is 2. The highest BCUT2D eigenvalue weighted by molar-refractivity contribution is 5.99. The Hall–Kier alpha value is -1.31. The van der Waals surface area contributed by atoms with Gasteiger partial charge in [-0.1, -0.05) is 0 Å². The van der Waals surface area contributed by atoms with Crippen LogP contribution in [0.3, 0.4) is 0 Å². The lowest BCUT2D eigenvalue weighted by Gasteiger charge is -2.41. The Morgan fingerprint density at radius 2 is 1.95 bits per heavy atom. The van der Waals surface area contributed by atoms with Gasteiger partial charge in [-0.2, -0.15) is 13.2 Å². The molecule has 0 radical (unpaired) electrons. The summed E-state index contributed by atoms with van der Waals surface area (Å²) in [7, 11) is 0. The normalized spacial score (nSPS) is 22.9. The first kappa shape index (κ1) is 16.7. The second-order valence-corrected chi connectivity index (χ2v) is 5.31. The molecule has 0 spiro atoms. The van der Waals surface area contributed by atoms with Gasteiger partial charge in [-0.25, -0.2) is 0 Å². The molecule has 20 heavy (non-hydrogen) atoms. The minimum Gasteiger partial charge on any atom is -0.372 e. The first-order valence-corrected chi connectivity index (χ1v) is 6.32. The lowest BCUT2D eigenvalue weighted by molar-refractivity contribution is -0.174. The molecule has 1 fully saturated rings. The van der Waals surface area contributed by atoms with E-state index in [4.69, 9.17) is 0 Å². The third kappa shape index (κ3) is 4.36. The molecule has 116 valence electrons. The molecule has 0 aliphatic carbocycles. The van der Waals surface area contributed by atoms with Crippen molar-refractivity contribution in [1.29, 1.82) is 0 Å². The average molecular weight is 296 g/mol. The van der Waals surface area contributed by atoms with E-state index < -0.39 is 24.4 Å². The van der Waals surface area contributed by atoms with Crippen molar-refractivity contribution in [3.63, 3.8) is 0 Å². The molecule has 5 nitrogen and oxygen atoms in total. The summed E-state index contributed by atoms with van der Waals surface area (Å²) in [5.41, 5.74) is -0.990. The Morgan fingerprint density at radius 3 is 2.50 bits per heavy atom. The van der Waals surface area contributed by atoms with Crippen LogP contribution in [-0.2, 0) is 14.3 Å². The molecule has 1 rings (SSSR count). The highest BCUT2D eigenvalue weighted by Crippen LogP contribution is 2.18. The number of alkyl halides is 3. The maximum absolute atomic E-state index is 12.1. The molecule has 1 unspecified atom stereocenters. The van der Waals surface area contributed by atoms with Crippen molar-refractivity contribution in [1.82, 2.24) is 10.2 Å². The molecule has 1 N–H and O–H groups in total. The Morgan fingerprint density at radius 1 is 1.35 bits per heavy atom. The molecule has 8 heteroatoms. The predicted octanol–water partition coefficient (Wildman–Crippen LogP) is 1.08. The highest BCUT2D eigenvalue weighted by atomic mass is 19.4. The number of ether oxygens (including phenoxy) is 1. The highest BCUT2D eigenvalue weighted by Gasteiger charge is 2.42. The molecule has 0 aromatic carbocycles. The summed E-state index contributed by atoms with van der Waals surface area (Å²) >= 11 is 0. The lowest BCUT2D eigenvalue weighted by atomic mass is 9.97. The van der Waals surface area contributed by atoms with E-state index in [1.165, 1.54) is 4.90 Å².